The topological polar surface area (TPSA) is 69.5 Å². The van der Waals surface area contributed by atoms with Crippen LogP contribution in [0.3, 0.4) is 0 Å². The van der Waals surface area contributed by atoms with Gasteiger partial charge in [-0.15, -0.1) is 0 Å². The summed E-state index contributed by atoms with van der Waals surface area (Å²) in [4.78, 5) is 19.8. The molecule has 0 atom stereocenters. The van der Waals surface area contributed by atoms with Crippen molar-refractivity contribution < 1.29 is 0 Å². The van der Waals surface area contributed by atoms with Crippen molar-refractivity contribution in [3.8, 4) is 6.07 Å². The lowest BCUT2D eigenvalue weighted by Crippen LogP contribution is -2.17. The first kappa shape index (κ1) is 17.0. The molecule has 25 heavy (non-hydrogen) atoms. The van der Waals surface area contributed by atoms with Crippen molar-refractivity contribution in [1.29, 1.82) is 5.26 Å². The Morgan fingerprint density at radius 2 is 1.80 bits per heavy atom. The van der Waals surface area contributed by atoms with Crippen molar-refractivity contribution in [2.45, 2.75) is 24.3 Å². The van der Waals surface area contributed by atoms with Gasteiger partial charge >= 0.3 is 0 Å². The third-order valence-corrected chi connectivity index (χ3v) is 4.83. The standard InChI is InChI=1S/C20H17N3OS/c1-14-18(11-15-5-3-2-4-6-15)19(24)23-20(22-14)25-13-17-9-7-16(12-21)8-10-17/h2-10H,11,13H2,1H3,(H,22,23,24). The number of H-pyrrole nitrogens is 1. The van der Waals surface area contributed by atoms with Crippen molar-refractivity contribution in [3.63, 3.8) is 0 Å². The van der Waals surface area contributed by atoms with Gasteiger partial charge in [0.05, 0.1) is 11.6 Å². The van der Waals surface area contributed by atoms with Crippen molar-refractivity contribution in [1.82, 2.24) is 9.97 Å². The largest absolute Gasteiger partial charge is 0.301 e. The van der Waals surface area contributed by atoms with Crippen LogP contribution in [0.1, 0.15) is 27.9 Å². The fraction of sp³-hybridized carbons (Fsp3) is 0.150. The quantitative estimate of drug-likeness (QED) is 0.562. The van der Waals surface area contributed by atoms with Gasteiger partial charge in [0.25, 0.3) is 5.56 Å². The number of hydrogen-bond acceptors (Lipinski definition) is 4. The van der Waals surface area contributed by atoms with E-state index >= 15 is 0 Å². The number of nitrogens with one attached hydrogen (secondary N) is 1. The molecule has 1 aromatic heterocycles. The lowest BCUT2D eigenvalue weighted by Gasteiger charge is -2.07. The van der Waals surface area contributed by atoms with Crippen LogP contribution in [0, 0.1) is 18.3 Å². The first-order valence-electron chi connectivity index (χ1n) is 7.91. The van der Waals surface area contributed by atoms with Crippen LogP contribution in [-0.4, -0.2) is 9.97 Å². The number of benzene rings is 2. The van der Waals surface area contributed by atoms with Crippen LogP contribution in [0.2, 0.25) is 0 Å². The van der Waals surface area contributed by atoms with E-state index in [1.54, 1.807) is 12.1 Å². The van der Waals surface area contributed by atoms with Crippen LogP contribution in [-0.2, 0) is 12.2 Å². The highest BCUT2D eigenvalue weighted by molar-refractivity contribution is 7.98. The van der Waals surface area contributed by atoms with Gasteiger partial charge in [-0.25, -0.2) is 4.98 Å². The minimum Gasteiger partial charge on any atom is -0.301 e. The second-order valence-electron chi connectivity index (χ2n) is 5.69. The molecule has 0 aliphatic rings. The molecular formula is C20H17N3OS. The summed E-state index contributed by atoms with van der Waals surface area (Å²) in [6.45, 7) is 1.87. The van der Waals surface area contributed by atoms with Gasteiger partial charge in [0, 0.05) is 23.4 Å². The number of aromatic amines is 1. The molecule has 1 heterocycles. The molecule has 0 radical (unpaired) electrons. The van der Waals surface area contributed by atoms with Gasteiger partial charge in [-0.2, -0.15) is 5.26 Å². The average Bonchev–Trinajstić information content (AvgIpc) is 2.64. The van der Waals surface area contributed by atoms with E-state index in [9.17, 15) is 4.79 Å². The monoisotopic (exact) mass is 347 g/mol. The number of hydrogen-bond donors (Lipinski definition) is 1. The summed E-state index contributed by atoms with van der Waals surface area (Å²) < 4.78 is 0. The SMILES string of the molecule is Cc1nc(SCc2ccc(C#N)cc2)[nH]c(=O)c1Cc1ccccc1. The molecule has 0 aliphatic carbocycles. The lowest BCUT2D eigenvalue weighted by molar-refractivity contribution is 0.866. The predicted octanol–water partition coefficient (Wildman–Crippen LogP) is 3.83. The lowest BCUT2D eigenvalue weighted by atomic mass is 10.1. The second-order valence-corrected chi connectivity index (χ2v) is 6.66. The maximum atomic E-state index is 12.4. The van der Waals surface area contributed by atoms with Gasteiger partial charge in [0.1, 0.15) is 0 Å². The fourth-order valence-corrected chi connectivity index (χ4v) is 3.35. The predicted molar refractivity (Wildman–Crippen MR) is 99.6 cm³/mol. The highest BCUT2D eigenvalue weighted by atomic mass is 32.2. The van der Waals surface area contributed by atoms with Gasteiger partial charge in [-0.05, 0) is 30.2 Å². The molecule has 5 heteroatoms. The number of nitrogens with zero attached hydrogens (tertiary/aromatic N) is 2. The minimum atomic E-state index is -0.0846. The highest BCUT2D eigenvalue weighted by Crippen LogP contribution is 2.20. The molecule has 3 rings (SSSR count). The van der Waals surface area contributed by atoms with Gasteiger partial charge < -0.3 is 4.98 Å². The maximum absolute atomic E-state index is 12.4. The molecule has 0 saturated heterocycles. The number of thioether (sulfide) groups is 1. The summed E-state index contributed by atoms with van der Waals surface area (Å²) in [7, 11) is 0. The first-order chi connectivity index (χ1) is 12.2. The molecule has 2 aromatic carbocycles. The molecule has 3 aromatic rings. The van der Waals surface area contributed by atoms with Gasteiger partial charge in [0.15, 0.2) is 5.16 Å². The smallest absolute Gasteiger partial charge is 0.255 e. The van der Waals surface area contributed by atoms with Crippen molar-refractivity contribution in [2.75, 3.05) is 0 Å². The zero-order valence-electron chi connectivity index (χ0n) is 13.8. The van der Waals surface area contributed by atoms with Crippen LogP contribution in [0.5, 0.6) is 0 Å². The highest BCUT2D eigenvalue weighted by Gasteiger charge is 2.09. The number of aromatic nitrogens is 2. The van der Waals surface area contributed by atoms with E-state index in [0.717, 1.165) is 16.8 Å². The minimum absolute atomic E-state index is 0.0846. The van der Waals surface area contributed by atoms with Crippen molar-refractivity contribution >= 4 is 11.8 Å². The summed E-state index contributed by atoms with van der Waals surface area (Å²) in [5.74, 6) is 0.687. The van der Waals surface area contributed by atoms with E-state index in [4.69, 9.17) is 5.26 Å². The Morgan fingerprint density at radius 3 is 2.44 bits per heavy atom. The maximum Gasteiger partial charge on any atom is 0.255 e. The van der Waals surface area contributed by atoms with E-state index in [1.807, 2.05) is 49.4 Å². The summed E-state index contributed by atoms with van der Waals surface area (Å²) in [5.41, 5.74) is 4.19. The van der Waals surface area contributed by atoms with Crippen LogP contribution in [0.4, 0.5) is 0 Å². The van der Waals surface area contributed by atoms with Gasteiger partial charge in [0.2, 0.25) is 0 Å². The van der Waals surface area contributed by atoms with Gasteiger partial charge in [-0.1, -0.05) is 54.2 Å². The molecule has 0 aliphatic heterocycles. The Kier molecular flexibility index (Phi) is 5.32. The summed E-state index contributed by atoms with van der Waals surface area (Å²) in [5, 5.41) is 9.44. The normalized spacial score (nSPS) is 10.4. The third-order valence-electron chi connectivity index (χ3n) is 3.88. The van der Waals surface area contributed by atoms with Crippen molar-refractivity contribution in [2.24, 2.45) is 0 Å². The summed E-state index contributed by atoms with van der Waals surface area (Å²) in [6, 6.07) is 19.4. The zero-order valence-corrected chi connectivity index (χ0v) is 14.6. The summed E-state index contributed by atoms with van der Waals surface area (Å²) >= 11 is 1.48. The molecule has 124 valence electrons. The third kappa shape index (κ3) is 4.37. The van der Waals surface area contributed by atoms with Crippen molar-refractivity contribution in [3.05, 3.63) is 92.9 Å². The van der Waals surface area contributed by atoms with E-state index < -0.39 is 0 Å². The second kappa shape index (κ2) is 7.82. The molecule has 0 unspecified atom stereocenters. The first-order valence-corrected chi connectivity index (χ1v) is 8.90. The van der Waals surface area contributed by atoms with Crippen LogP contribution in [0.25, 0.3) is 0 Å². The van der Waals surface area contributed by atoms with Crippen LogP contribution < -0.4 is 5.56 Å². The average molecular weight is 347 g/mol. The Morgan fingerprint density at radius 1 is 1.08 bits per heavy atom. The van der Waals surface area contributed by atoms with Gasteiger partial charge in [-0.3, -0.25) is 4.79 Å². The van der Waals surface area contributed by atoms with E-state index in [0.29, 0.717) is 28.5 Å². The molecule has 0 saturated carbocycles. The number of aryl methyl sites for hydroxylation is 1. The molecule has 0 spiro atoms. The Labute approximate surface area is 150 Å². The molecule has 0 bridgehead atoms. The fourth-order valence-electron chi connectivity index (χ4n) is 2.49. The molecular weight excluding hydrogens is 330 g/mol. The Balaban J connectivity index is 1.73. The van der Waals surface area contributed by atoms with E-state index in [2.05, 4.69) is 16.0 Å². The van der Waals surface area contributed by atoms with Crippen LogP contribution >= 0.6 is 11.8 Å². The Hall–Kier alpha value is -2.84. The zero-order chi connectivity index (χ0) is 17.6. The number of rotatable bonds is 5. The molecule has 4 nitrogen and oxygen atoms in total. The Bertz CT molecular complexity index is 957. The molecule has 1 N–H and O–H groups in total. The summed E-state index contributed by atoms with van der Waals surface area (Å²) in [6.07, 6.45) is 0.579. The van der Waals surface area contributed by atoms with E-state index in [1.165, 1.54) is 11.8 Å². The molecule has 0 fully saturated rings. The molecule has 0 amide bonds. The number of nitriles is 1. The van der Waals surface area contributed by atoms with E-state index in [-0.39, 0.29) is 5.56 Å². The van der Waals surface area contributed by atoms with Crippen LogP contribution in [0.15, 0.2) is 64.5 Å².